The molecule has 27 heavy (non-hydrogen) atoms. The Kier molecular flexibility index (Phi) is 6.65. The number of amides is 2. The lowest BCUT2D eigenvalue weighted by molar-refractivity contribution is -0.128. The number of piperidine rings is 1. The molecule has 2 amide bonds. The smallest absolute Gasteiger partial charge is 0.291 e. The first-order valence-electron chi connectivity index (χ1n) is 8.93. The number of likely N-dealkylation sites (tertiary alicyclic amines) is 1. The van der Waals surface area contributed by atoms with E-state index in [1.165, 1.54) is 0 Å². The van der Waals surface area contributed by atoms with E-state index in [1.54, 1.807) is 29.2 Å². The quantitative estimate of drug-likeness (QED) is 0.567. The molecule has 1 N–H and O–H groups in total. The maximum atomic E-state index is 12.9. The zero-order chi connectivity index (χ0) is 19.1. The number of nitrogens with one attached hydrogen (secondary N) is 1. The summed E-state index contributed by atoms with van der Waals surface area (Å²) < 4.78 is 5.74. The summed E-state index contributed by atoms with van der Waals surface area (Å²) in [6, 6.07) is 13.0. The van der Waals surface area contributed by atoms with Gasteiger partial charge in [-0.05, 0) is 59.0 Å². The van der Waals surface area contributed by atoms with Crippen molar-refractivity contribution in [3.8, 4) is 0 Å². The monoisotopic (exact) mass is 428 g/mol. The second-order valence-corrected chi connectivity index (χ2v) is 7.04. The van der Waals surface area contributed by atoms with Gasteiger partial charge in [-0.25, -0.2) is 0 Å². The summed E-state index contributed by atoms with van der Waals surface area (Å²) in [6.07, 6.45) is 8.39. The van der Waals surface area contributed by atoms with Gasteiger partial charge in [0.15, 0.2) is 10.4 Å². The van der Waals surface area contributed by atoms with E-state index < -0.39 is 5.91 Å². The van der Waals surface area contributed by atoms with Crippen molar-refractivity contribution in [2.24, 2.45) is 0 Å². The van der Waals surface area contributed by atoms with E-state index >= 15 is 0 Å². The van der Waals surface area contributed by atoms with Gasteiger partial charge in [0, 0.05) is 13.1 Å². The van der Waals surface area contributed by atoms with Crippen LogP contribution >= 0.6 is 15.9 Å². The molecule has 1 fully saturated rings. The Labute approximate surface area is 166 Å². The van der Waals surface area contributed by atoms with Gasteiger partial charge in [-0.2, -0.15) is 0 Å². The van der Waals surface area contributed by atoms with Gasteiger partial charge in [0.2, 0.25) is 0 Å². The first-order valence-corrected chi connectivity index (χ1v) is 9.72. The Morgan fingerprint density at radius 3 is 2.44 bits per heavy atom. The van der Waals surface area contributed by atoms with Gasteiger partial charge in [0.25, 0.3) is 11.8 Å². The Hall–Kier alpha value is -2.60. The van der Waals surface area contributed by atoms with E-state index in [-0.39, 0.29) is 17.4 Å². The predicted molar refractivity (Wildman–Crippen MR) is 108 cm³/mol. The van der Waals surface area contributed by atoms with Crippen molar-refractivity contribution < 1.29 is 14.0 Å². The van der Waals surface area contributed by atoms with E-state index in [0.717, 1.165) is 24.8 Å². The number of furan rings is 1. The fourth-order valence-electron chi connectivity index (χ4n) is 2.87. The minimum Gasteiger partial charge on any atom is -0.444 e. The second-order valence-electron chi connectivity index (χ2n) is 6.26. The summed E-state index contributed by atoms with van der Waals surface area (Å²) in [5.41, 5.74) is 1.25. The molecule has 0 aliphatic carbocycles. The van der Waals surface area contributed by atoms with E-state index in [4.69, 9.17) is 4.42 Å². The number of hydrogen-bond donors (Lipinski definition) is 1. The lowest BCUT2D eigenvalue weighted by atomic mass is 10.1. The molecule has 0 saturated carbocycles. The van der Waals surface area contributed by atoms with Crippen LogP contribution in [0.1, 0.15) is 35.4 Å². The maximum Gasteiger partial charge on any atom is 0.291 e. The van der Waals surface area contributed by atoms with Crippen LogP contribution in [0.3, 0.4) is 0 Å². The molecule has 0 spiro atoms. The zero-order valence-corrected chi connectivity index (χ0v) is 16.4. The number of carbonyl (C=O) groups is 2. The second kappa shape index (κ2) is 9.37. The van der Waals surface area contributed by atoms with Crippen molar-refractivity contribution >= 4 is 33.8 Å². The highest BCUT2D eigenvalue weighted by Crippen LogP contribution is 2.16. The number of allylic oxidation sites excluding steroid dienone is 2. The molecular formula is C21H21BrN2O3. The third-order valence-corrected chi connectivity index (χ3v) is 4.70. The van der Waals surface area contributed by atoms with Crippen molar-refractivity contribution in [3.05, 3.63) is 76.3 Å². The fourth-order valence-corrected chi connectivity index (χ4v) is 3.18. The highest BCUT2D eigenvalue weighted by atomic mass is 79.9. The van der Waals surface area contributed by atoms with E-state index in [0.29, 0.717) is 17.8 Å². The number of rotatable bonds is 5. The summed E-state index contributed by atoms with van der Waals surface area (Å²) in [5.74, 6) is -0.483. The normalized spacial score (nSPS) is 15.1. The Bertz CT molecular complexity index is 849. The zero-order valence-electron chi connectivity index (χ0n) is 14.9. The van der Waals surface area contributed by atoms with Gasteiger partial charge in [-0.3, -0.25) is 9.59 Å². The molecule has 1 aromatic heterocycles. The highest BCUT2D eigenvalue weighted by Gasteiger charge is 2.22. The van der Waals surface area contributed by atoms with Crippen LogP contribution in [0.25, 0.3) is 6.08 Å². The van der Waals surface area contributed by atoms with Crippen LogP contribution in [0.2, 0.25) is 0 Å². The van der Waals surface area contributed by atoms with Gasteiger partial charge in [-0.15, -0.1) is 0 Å². The van der Waals surface area contributed by atoms with Crippen LogP contribution in [-0.2, 0) is 4.79 Å². The van der Waals surface area contributed by atoms with Crippen LogP contribution in [0.4, 0.5) is 0 Å². The maximum absolute atomic E-state index is 12.9. The van der Waals surface area contributed by atoms with E-state index in [9.17, 15) is 9.59 Å². The Balaban J connectivity index is 1.78. The van der Waals surface area contributed by atoms with Gasteiger partial charge in [0.05, 0.1) is 0 Å². The summed E-state index contributed by atoms with van der Waals surface area (Å²) >= 11 is 3.18. The molecule has 2 heterocycles. The molecule has 0 radical (unpaired) electrons. The molecule has 140 valence electrons. The first-order chi connectivity index (χ1) is 13.1. The van der Waals surface area contributed by atoms with Gasteiger partial charge >= 0.3 is 0 Å². The Morgan fingerprint density at radius 1 is 1.04 bits per heavy atom. The summed E-state index contributed by atoms with van der Waals surface area (Å²) in [4.78, 5) is 27.1. The van der Waals surface area contributed by atoms with Crippen LogP contribution in [0, 0.1) is 0 Å². The van der Waals surface area contributed by atoms with E-state index in [2.05, 4.69) is 21.2 Å². The SMILES string of the molecule is O=C(NC(=CC=Cc1ccccc1)C(=O)N1CCCCC1)c1ccc(Br)o1. The van der Waals surface area contributed by atoms with Crippen molar-refractivity contribution in [1.82, 2.24) is 10.2 Å². The lowest BCUT2D eigenvalue weighted by Crippen LogP contribution is -2.41. The molecule has 2 aromatic rings. The highest BCUT2D eigenvalue weighted by molar-refractivity contribution is 9.10. The lowest BCUT2D eigenvalue weighted by Gasteiger charge is -2.27. The summed E-state index contributed by atoms with van der Waals surface area (Å²) in [5, 5.41) is 2.70. The first kappa shape index (κ1) is 19.2. The minimum atomic E-state index is -0.453. The molecule has 1 aliphatic rings. The standard InChI is InChI=1S/C21H21BrN2O3/c22-19-13-12-18(27-19)20(25)23-17(21(26)24-14-5-2-6-15-24)11-7-10-16-8-3-1-4-9-16/h1,3-4,7-13H,2,5-6,14-15H2,(H,23,25). The number of carbonyl (C=O) groups excluding carboxylic acids is 2. The topological polar surface area (TPSA) is 62.6 Å². The van der Waals surface area contributed by atoms with E-state index in [1.807, 2.05) is 36.4 Å². The molecule has 6 heteroatoms. The average molecular weight is 429 g/mol. The van der Waals surface area contributed by atoms with Crippen molar-refractivity contribution in [1.29, 1.82) is 0 Å². The van der Waals surface area contributed by atoms with Gasteiger partial charge in [0.1, 0.15) is 5.70 Å². The average Bonchev–Trinajstić information content (AvgIpc) is 3.14. The molecule has 0 bridgehead atoms. The van der Waals surface area contributed by atoms with Crippen LogP contribution < -0.4 is 5.32 Å². The fraction of sp³-hybridized carbons (Fsp3) is 0.238. The molecule has 0 atom stereocenters. The van der Waals surface area contributed by atoms with Gasteiger partial charge < -0.3 is 14.6 Å². The number of halogens is 1. The van der Waals surface area contributed by atoms with Crippen molar-refractivity contribution in [2.45, 2.75) is 19.3 Å². The van der Waals surface area contributed by atoms with Crippen molar-refractivity contribution in [2.75, 3.05) is 13.1 Å². The largest absolute Gasteiger partial charge is 0.444 e. The molecule has 1 saturated heterocycles. The third-order valence-electron chi connectivity index (χ3n) is 4.27. The number of benzene rings is 1. The Morgan fingerprint density at radius 2 is 1.78 bits per heavy atom. The van der Waals surface area contributed by atoms with Crippen LogP contribution in [0.5, 0.6) is 0 Å². The van der Waals surface area contributed by atoms with Crippen LogP contribution in [-0.4, -0.2) is 29.8 Å². The predicted octanol–water partition coefficient (Wildman–Crippen LogP) is 4.38. The molecule has 0 unspecified atom stereocenters. The molecule has 5 nitrogen and oxygen atoms in total. The number of hydrogen-bond acceptors (Lipinski definition) is 3. The van der Waals surface area contributed by atoms with Crippen molar-refractivity contribution in [3.63, 3.8) is 0 Å². The third kappa shape index (κ3) is 5.44. The minimum absolute atomic E-state index is 0.145. The molecule has 1 aliphatic heterocycles. The molecule has 1 aromatic carbocycles. The molecule has 3 rings (SSSR count). The van der Waals surface area contributed by atoms with Crippen LogP contribution in [0.15, 0.2) is 69.4 Å². The molecular weight excluding hydrogens is 408 g/mol. The summed E-state index contributed by atoms with van der Waals surface area (Å²) in [6.45, 7) is 1.42. The number of nitrogens with zero attached hydrogens (tertiary/aromatic N) is 1. The summed E-state index contributed by atoms with van der Waals surface area (Å²) in [7, 11) is 0. The van der Waals surface area contributed by atoms with Gasteiger partial charge in [-0.1, -0.05) is 42.5 Å².